The van der Waals surface area contributed by atoms with Gasteiger partial charge in [-0.2, -0.15) is 0 Å². The van der Waals surface area contributed by atoms with Crippen LogP contribution < -0.4 is 0 Å². The third-order valence-electron chi connectivity index (χ3n) is 2.81. The summed E-state index contributed by atoms with van der Waals surface area (Å²) in [5, 5.41) is 7.76. The Morgan fingerprint density at radius 2 is 2.17 bits per heavy atom. The number of carbonyl (C=O) groups is 1. The highest BCUT2D eigenvalue weighted by Gasteiger charge is 2.17. The van der Waals surface area contributed by atoms with Gasteiger partial charge in [0.2, 0.25) is 5.78 Å². The highest BCUT2D eigenvalue weighted by Crippen LogP contribution is 2.13. The molecule has 0 fully saturated rings. The van der Waals surface area contributed by atoms with E-state index in [2.05, 4.69) is 15.3 Å². The van der Waals surface area contributed by atoms with Gasteiger partial charge in [-0.3, -0.25) is 9.78 Å². The van der Waals surface area contributed by atoms with Crippen molar-refractivity contribution in [2.75, 3.05) is 0 Å². The van der Waals surface area contributed by atoms with Gasteiger partial charge in [0.1, 0.15) is 5.69 Å². The van der Waals surface area contributed by atoms with Gasteiger partial charge in [-0.25, -0.2) is 4.68 Å². The number of nitrogens with zero attached hydrogens (tertiary/aromatic N) is 4. The minimum absolute atomic E-state index is 0.0345. The second-order valence-electron chi connectivity index (χ2n) is 4.06. The number of hydrogen-bond donors (Lipinski definition) is 0. The van der Waals surface area contributed by atoms with Crippen molar-refractivity contribution in [1.29, 1.82) is 0 Å². The van der Waals surface area contributed by atoms with E-state index in [0.717, 1.165) is 18.4 Å². The first-order valence-corrected chi connectivity index (χ1v) is 6.14. The van der Waals surface area contributed by atoms with E-state index in [9.17, 15) is 4.79 Å². The zero-order chi connectivity index (χ0) is 13.0. The lowest BCUT2D eigenvalue weighted by molar-refractivity contribution is 0.102. The van der Waals surface area contributed by atoms with E-state index in [1.54, 1.807) is 23.1 Å². The van der Waals surface area contributed by atoms with Crippen LogP contribution in [0.1, 0.15) is 41.9 Å². The summed E-state index contributed by atoms with van der Waals surface area (Å²) >= 11 is 0. The molecule has 0 unspecified atom stereocenters. The predicted octanol–water partition coefficient (Wildman–Crippen LogP) is 1.88. The van der Waals surface area contributed by atoms with Crippen LogP contribution in [0, 0.1) is 0 Å². The smallest absolute Gasteiger partial charge is 0.213 e. The molecule has 0 aliphatic heterocycles. The number of ketones is 1. The topological polar surface area (TPSA) is 60.7 Å². The van der Waals surface area contributed by atoms with E-state index < -0.39 is 0 Å². The Morgan fingerprint density at radius 3 is 2.89 bits per heavy atom. The minimum atomic E-state index is -0.0345. The maximum Gasteiger partial charge on any atom is 0.213 e. The number of hydrogen-bond acceptors (Lipinski definition) is 4. The molecule has 0 saturated carbocycles. The third-order valence-corrected chi connectivity index (χ3v) is 2.81. The van der Waals surface area contributed by atoms with Crippen LogP contribution in [0.2, 0.25) is 0 Å². The molecule has 0 saturated heterocycles. The number of rotatable bonds is 5. The van der Waals surface area contributed by atoms with Gasteiger partial charge in [0.05, 0.1) is 6.20 Å². The van der Waals surface area contributed by atoms with E-state index in [-0.39, 0.29) is 5.78 Å². The quantitative estimate of drug-likeness (QED) is 0.753. The maximum absolute atomic E-state index is 12.5. The Hall–Kier alpha value is -2.04. The SMILES string of the molecule is CCCn1nncc1C(=O)c1ccncc1CC. The second kappa shape index (κ2) is 5.53. The molecule has 2 aromatic rings. The van der Waals surface area contributed by atoms with Crippen molar-refractivity contribution in [3.05, 3.63) is 41.5 Å². The lowest BCUT2D eigenvalue weighted by Crippen LogP contribution is -2.13. The summed E-state index contributed by atoms with van der Waals surface area (Å²) in [5.41, 5.74) is 2.18. The van der Waals surface area contributed by atoms with Crippen molar-refractivity contribution in [2.45, 2.75) is 33.2 Å². The van der Waals surface area contributed by atoms with Crippen LogP contribution in [0.15, 0.2) is 24.7 Å². The van der Waals surface area contributed by atoms with Crippen molar-refractivity contribution in [3.8, 4) is 0 Å². The average Bonchev–Trinajstić information content (AvgIpc) is 2.86. The lowest BCUT2D eigenvalue weighted by Gasteiger charge is -2.07. The molecule has 0 radical (unpaired) electrons. The highest BCUT2D eigenvalue weighted by atomic mass is 16.1. The summed E-state index contributed by atoms with van der Waals surface area (Å²) in [7, 11) is 0. The van der Waals surface area contributed by atoms with Crippen LogP contribution in [0.25, 0.3) is 0 Å². The fourth-order valence-electron chi connectivity index (χ4n) is 1.88. The predicted molar refractivity (Wildman–Crippen MR) is 67.4 cm³/mol. The molecule has 0 aliphatic rings. The van der Waals surface area contributed by atoms with Gasteiger partial charge in [-0.05, 0) is 24.5 Å². The molecular weight excluding hydrogens is 228 g/mol. The number of carbonyl (C=O) groups excluding carboxylic acids is 1. The average molecular weight is 244 g/mol. The fourth-order valence-corrected chi connectivity index (χ4v) is 1.88. The van der Waals surface area contributed by atoms with E-state index in [0.29, 0.717) is 17.8 Å². The molecule has 0 amide bonds. The molecule has 5 nitrogen and oxygen atoms in total. The van der Waals surface area contributed by atoms with Crippen LogP contribution in [0.3, 0.4) is 0 Å². The molecule has 0 aromatic carbocycles. The van der Waals surface area contributed by atoms with E-state index >= 15 is 0 Å². The first-order valence-electron chi connectivity index (χ1n) is 6.14. The molecule has 94 valence electrons. The van der Waals surface area contributed by atoms with Crippen LogP contribution in [0.4, 0.5) is 0 Å². The molecule has 18 heavy (non-hydrogen) atoms. The largest absolute Gasteiger partial charge is 0.287 e. The summed E-state index contributed by atoms with van der Waals surface area (Å²) in [6.07, 6.45) is 6.60. The maximum atomic E-state index is 12.5. The number of aryl methyl sites for hydroxylation is 2. The van der Waals surface area contributed by atoms with Gasteiger partial charge in [-0.15, -0.1) is 5.10 Å². The summed E-state index contributed by atoms with van der Waals surface area (Å²) in [6, 6.07) is 1.75. The Morgan fingerprint density at radius 1 is 1.33 bits per heavy atom. The Labute approximate surface area is 106 Å². The van der Waals surface area contributed by atoms with E-state index in [1.807, 2.05) is 13.8 Å². The minimum Gasteiger partial charge on any atom is -0.287 e. The van der Waals surface area contributed by atoms with Crippen LogP contribution >= 0.6 is 0 Å². The molecule has 0 atom stereocenters. The molecule has 2 aromatic heterocycles. The van der Waals surface area contributed by atoms with Crippen LogP contribution in [-0.4, -0.2) is 25.8 Å². The van der Waals surface area contributed by atoms with Crippen molar-refractivity contribution in [1.82, 2.24) is 20.0 Å². The van der Waals surface area contributed by atoms with E-state index in [1.165, 1.54) is 6.20 Å². The zero-order valence-electron chi connectivity index (χ0n) is 10.6. The van der Waals surface area contributed by atoms with Gasteiger partial charge in [0.25, 0.3) is 0 Å². The second-order valence-corrected chi connectivity index (χ2v) is 4.06. The monoisotopic (exact) mass is 244 g/mol. The van der Waals surface area contributed by atoms with Gasteiger partial charge < -0.3 is 0 Å². The Kier molecular flexibility index (Phi) is 3.82. The van der Waals surface area contributed by atoms with Crippen molar-refractivity contribution in [3.63, 3.8) is 0 Å². The Bertz CT molecular complexity index is 547. The van der Waals surface area contributed by atoms with Crippen molar-refractivity contribution < 1.29 is 4.79 Å². The molecule has 0 N–H and O–H groups in total. The summed E-state index contributed by atoms with van der Waals surface area (Å²) < 4.78 is 1.65. The van der Waals surface area contributed by atoms with Crippen LogP contribution in [0.5, 0.6) is 0 Å². The lowest BCUT2D eigenvalue weighted by atomic mass is 10.0. The molecule has 0 spiro atoms. The molecule has 2 rings (SSSR count). The standard InChI is InChI=1S/C13H16N4O/c1-3-7-17-12(9-15-16-17)13(18)11-5-6-14-8-10(11)4-2/h5-6,8-9H,3-4,7H2,1-2H3. The van der Waals surface area contributed by atoms with Gasteiger partial charge in [0, 0.05) is 24.5 Å². The first-order chi connectivity index (χ1) is 8.77. The van der Waals surface area contributed by atoms with Crippen LogP contribution in [-0.2, 0) is 13.0 Å². The fraction of sp³-hybridized carbons (Fsp3) is 0.385. The molecule has 0 bridgehead atoms. The van der Waals surface area contributed by atoms with E-state index in [4.69, 9.17) is 0 Å². The first kappa shape index (κ1) is 12.4. The summed E-state index contributed by atoms with van der Waals surface area (Å²) in [5.74, 6) is -0.0345. The highest BCUT2D eigenvalue weighted by molar-refractivity contribution is 6.08. The van der Waals surface area contributed by atoms with Gasteiger partial charge >= 0.3 is 0 Å². The van der Waals surface area contributed by atoms with Gasteiger partial charge in [-0.1, -0.05) is 19.1 Å². The number of aromatic nitrogens is 4. The summed E-state index contributed by atoms with van der Waals surface area (Å²) in [6.45, 7) is 4.75. The third kappa shape index (κ3) is 2.30. The molecule has 2 heterocycles. The molecule has 5 heteroatoms. The molecular formula is C13H16N4O. The van der Waals surface area contributed by atoms with Gasteiger partial charge in [0.15, 0.2) is 0 Å². The van der Waals surface area contributed by atoms with Crippen molar-refractivity contribution in [2.24, 2.45) is 0 Å². The number of pyridine rings is 1. The zero-order valence-corrected chi connectivity index (χ0v) is 10.6. The van der Waals surface area contributed by atoms with Crippen molar-refractivity contribution >= 4 is 5.78 Å². The molecule has 0 aliphatic carbocycles. The summed E-state index contributed by atoms with van der Waals surface area (Å²) in [4.78, 5) is 16.5. The Balaban J connectivity index is 2.38. The normalized spacial score (nSPS) is 10.6.